The van der Waals surface area contributed by atoms with E-state index in [0.29, 0.717) is 0 Å². The molecule has 3 bridgehead atoms. The van der Waals surface area contributed by atoms with E-state index in [-0.39, 0.29) is 0 Å². The summed E-state index contributed by atoms with van der Waals surface area (Å²) in [5.74, 6) is 4.13. The summed E-state index contributed by atoms with van der Waals surface area (Å²) in [4.78, 5) is 0. The number of hydrogen-bond donors (Lipinski definition) is 1. The SMILES string of the molecule is c1ccc(CNC2C3CCC4CC(C3)CC42)cc1. The smallest absolute Gasteiger partial charge is 0.0208 e. The lowest BCUT2D eigenvalue weighted by molar-refractivity contribution is 0.111. The minimum atomic E-state index is 0.822. The fraction of sp³-hybridized carbons (Fsp3) is 0.647. The van der Waals surface area contributed by atoms with E-state index < -0.39 is 0 Å². The third-order valence-electron chi connectivity index (χ3n) is 5.75. The van der Waals surface area contributed by atoms with Gasteiger partial charge in [-0.1, -0.05) is 30.3 Å². The van der Waals surface area contributed by atoms with Gasteiger partial charge in [0.15, 0.2) is 0 Å². The van der Waals surface area contributed by atoms with Crippen LogP contribution in [0.25, 0.3) is 0 Å². The van der Waals surface area contributed by atoms with Crippen molar-refractivity contribution >= 4 is 0 Å². The summed E-state index contributed by atoms with van der Waals surface area (Å²) in [5, 5.41) is 3.90. The van der Waals surface area contributed by atoms with Crippen molar-refractivity contribution < 1.29 is 0 Å². The number of benzene rings is 1. The van der Waals surface area contributed by atoms with Gasteiger partial charge in [0.05, 0.1) is 0 Å². The molecule has 1 aromatic carbocycles. The molecule has 3 aliphatic rings. The van der Waals surface area contributed by atoms with Crippen LogP contribution in [0.1, 0.15) is 37.7 Å². The molecule has 0 aliphatic heterocycles. The molecule has 0 amide bonds. The van der Waals surface area contributed by atoms with E-state index in [4.69, 9.17) is 0 Å². The second kappa shape index (κ2) is 4.38. The van der Waals surface area contributed by atoms with Crippen molar-refractivity contribution in [3.8, 4) is 0 Å². The van der Waals surface area contributed by atoms with Gasteiger partial charge in [0.2, 0.25) is 0 Å². The third kappa shape index (κ3) is 1.80. The zero-order valence-corrected chi connectivity index (χ0v) is 11.0. The van der Waals surface area contributed by atoms with Crippen LogP contribution in [-0.4, -0.2) is 6.04 Å². The summed E-state index contributed by atoms with van der Waals surface area (Å²) in [6.07, 6.45) is 7.59. The summed E-state index contributed by atoms with van der Waals surface area (Å²) in [5.41, 5.74) is 1.44. The van der Waals surface area contributed by atoms with Crippen molar-refractivity contribution in [3.05, 3.63) is 35.9 Å². The first kappa shape index (κ1) is 11.0. The van der Waals surface area contributed by atoms with Crippen LogP contribution in [-0.2, 0) is 6.54 Å². The highest BCUT2D eigenvalue weighted by atomic mass is 14.9. The Labute approximate surface area is 110 Å². The van der Waals surface area contributed by atoms with Crippen LogP contribution < -0.4 is 5.32 Å². The van der Waals surface area contributed by atoms with Crippen molar-refractivity contribution in [3.63, 3.8) is 0 Å². The Balaban J connectivity index is 1.46. The Kier molecular flexibility index (Phi) is 2.69. The summed E-state index contributed by atoms with van der Waals surface area (Å²) in [6.45, 7) is 1.07. The summed E-state index contributed by atoms with van der Waals surface area (Å²) in [7, 11) is 0. The molecule has 1 aromatic rings. The highest BCUT2D eigenvalue weighted by Gasteiger charge is 2.49. The minimum Gasteiger partial charge on any atom is -0.309 e. The fourth-order valence-corrected chi connectivity index (χ4v) is 5.04. The predicted molar refractivity (Wildman–Crippen MR) is 74.1 cm³/mol. The Morgan fingerprint density at radius 3 is 2.61 bits per heavy atom. The molecule has 3 aliphatic carbocycles. The summed E-state index contributed by atoms with van der Waals surface area (Å²) in [6, 6.07) is 11.7. The van der Waals surface area contributed by atoms with E-state index in [1.54, 1.807) is 6.42 Å². The standard InChI is InChI=1S/C17H23N/c1-2-4-12(5-3-1)11-18-17-15-7-6-14-8-13(9-15)10-16(14)17/h1-5,13-18H,6-11H2. The van der Waals surface area contributed by atoms with Crippen molar-refractivity contribution in [2.75, 3.05) is 0 Å². The summed E-state index contributed by atoms with van der Waals surface area (Å²) >= 11 is 0. The average molecular weight is 241 g/mol. The highest BCUT2D eigenvalue weighted by Crippen LogP contribution is 2.55. The van der Waals surface area contributed by atoms with E-state index in [9.17, 15) is 0 Å². The van der Waals surface area contributed by atoms with Crippen molar-refractivity contribution in [1.82, 2.24) is 5.32 Å². The lowest BCUT2D eigenvalue weighted by Gasteiger charge is -2.43. The van der Waals surface area contributed by atoms with Gasteiger partial charge in [-0.2, -0.15) is 0 Å². The molecule has 0 saturated heterocycles. The molecule has 4 rings (SSSR count). The van der Waals surface area contributed by atoms with E-state index >= 15 is 0 Å². The first-order chi connectivity index (χ1) is 8.90. The van der Waals surface area contributed by atoms with E-state index in [1.807, 2.05) is 0 Å². The molecule has 1 heteroatoms. The molecule has 1 N–H and O–H groups in total. The maximum absolute atomic E-state index is 3.90. The quantitative estimate of drug-likeness (QED) is 0.852. The molecular formula is C17H23N. The Morgan fingerprint density at radius 2 is 1.72 bits per heavy atom. The number of fused-ring (bicyclic) bond motifs is 2. The van der Waals surface area contributed by atoms with Gasteiger partial charge in [-0.05, 0) is 61.3 Å². The molecule has 18 heavy (non-hydrogen) atoms. The number of nitrogens with one attached hydrogen (secondary N) is 1. The fourth-order valence-electron chi connectivity index (χ4n) is 5.04. The molecule has 0 aromatic heterocycles. The molecule has 96 valence electrons. The Bertz CT molecular complexity index is 413. The maximum atomic E-state index is 3.90. The molecule has 0 radical (unpaired) electrons. The van der Waals surface area contributed by atoms with Gasteiger partial charge in [0.1, 0.15) is 0 Å². The third-order valence-corrected chi connectivity index (χ3v) is 5.75. The van der Waals surface area contributed by atoms with E-state index in [2.05, 4.69) is 35.6 Å². The second-order valence-corrected chi connectivity index (χ2v) is 6.73. The van der Waals surface area contributed by atoms with Crippen LogP contribution in [0.4, 0.5) is 0 Å². The largest absolute Gasteiger partial charge is 0.309 e. The van der Waals surface area contributed by atoms with Crippen molar-refractivity contribution in [2.24, 2.45) is 23.7 Å². The lowest BCUT2D eigenvalue weighted by Crippen LogP contribution is -2.48. The van der Waals surface area contributed by atoms with Crippen LogP contribution >= 0.6 is 0 Å². The number of hydrogen-bond acceptors (Lipinski definition) is 1. The van der Waals surface area contributed by atoms with Gasteiger partial charge in [-0.25, -0.2) is 0 Å². The van der Waals surface area contributed by atoms with E-state index in [0.717, 1.165) is 36.3 Å². The predicted octanol–water partition coefficient (Wildman–Crippen LogP) is 3.60. The van der Waals surface area contributed by atoms with Crippen LogP contribution in [0.2, 0.25) is 0 Å². The Morgan fingerprint density at radius 1 is 0.944 bits per heavy atom. The van der Waals surface area contributed by atoms with Crippen molar-refractivity contribution in [2.45, 2.75) is 44.7 Å². The monoisotopic (exact) mass is 241 g/mol. The first-order valence-corrected chi connectivity index (χ1v) is 7.67. The van der Waals surface area contributed by atoms with Gasteiger partial charge in [0.25, 0.3) is 0 Å². The molecule has 1 nitrogen and oxygen atoms in total. The summed E-state index contributed by atoms with van der Waals surface area (Å²) < 4.78 is 0. The van der Waals surface area contributed by atoms with Crippen LogP contribution in [0.15, 0.2) is 30.3 Å². The number of rotatable bonds is 3. The van der Waals surface area contributed by atoms with Gasteiger partial charge in [0, 0.05) is 12.6 Å². The minimum absolute atomic E-state index is 0.822. The van der Waals surface area contributed by atoms with Gasteiger partial charge in [-0.3, -0.25) is 0 Å². The molecule has 0 spiro atoms. The zero-order chi connectivity index (χ0) is 11.9. The molecule has 5 unspecified atom stereocenters. The van der Waals surface area contributed by atoms with Gasteiger partial charge < -0.3 is 5.32 Å². The van der Waals surface area contributed by atoms with Gasteiger partial charge >= 0.3 is 0 Å². The van der Waals surface area contributed by atoms with E-state index in [1.165, 1.54) is 31.2 Å². The van der Waals surface area contributed by atoms with Crippen molar-refractivity contribution in [1.29, 1.82) is 0 Å². The Hall–Kier alpha value is -0.820. The topological polar surface area (TPSA) is 12.0 Å². The second-order valence-electron chi connectivity index (χ2n) is 6.73. The average Bonchev–Trinajstić information content (AvgIpc) is 2.62. The zero-order valence-electron chi connectivity index (χ0n) is 11.0. The van der Waals surface area contributed by atoms with Crippen LogP contribution in [0, 0.1) is 23.7 Å². The molecular weight excluding hydrogens is 218 g/mol. The van der Waals surface area contributed by atoms with Crippen LogP contribution in [0.5, 0.6) is 0 Å². The lowest BCUT2D eigenvalue weighted by atomic mass is 9.68. The first-order valence-electron chi connectivity index (χ1n) is 7.67. The molecule has 3 fully saturated rings. The molecule has 3 saturated carbocycles. The van der Waals surface area contributed by atoms with Gasteiger partial charge in [-0.15, -0.1) is 0 Å². The maximum Gasteiger partial charge on any atom is 0.0208 e. The normalized spacial score (nSPS) is 41.2. The molecule has 5 atom stereocenters. The highest BCUT2D eigenvalue weighted by molar-refractivity contribution is 5.15. The van der Waals surface area contributed by atoms with Crippen LogP contribution in [0.3, 0.4) is 0 Å². The molecule has 0 heterocycles.